The molecule has 1 amide bonds. The first-order chi connectivity index (χ1) is 9.08. The summed E-state index contributed by atoms with van der Waals surface area (Å²) in [6.07, 6.45) is 2.07. The van der Waals surface area contributed by atoms with E-state index in [0.29, 0.717) is 24.3 Å². The highest BCUT2D eigenvalue weighted by Crippen LogP contribution is 2.29. The van der Waals surface area contributed by atoms with Crippen molar-refractivity contribution in [2.75, 3.05) is 18.6 Å². The molecular formula is C13H16N4O2. The average Bonchev–Trinajstić information content (AvgIpc) is 2.82. The van der Waals surface area contributed by atoms with E-state index in [1.54, 1.807) is 24.3 Å². The number of aromatic nitrogens is 1. The molecule has 1 fully saturated rings. The van der Waals surface area contributed by atoms with E-state index in [4.69, 9.17) is 10.5 Å². The van der Waals surface area contributed by atoms with Gasteiger partial charge in [-0.05, 0) is 18.6 Å². The molecule has 19 heavy (non-hydrogen) atoms. The van der Waals surface area contributed by atoms with Gasteiger partial charge in [0, 0.05) is 26.3 Å². The van der Waals surface area contributed by atoms with Crippen molar-refractivity contribution in [2.24, 2.45) is 5.73 Å². The molecule has 0 bridgehead atoms. The van der Waals surface area contributed by atoms with Crippen LogP contribution in [0.15, 0.2) is 12.3 Å². The summed E-state index contributed by atoms with van der Waals surface area (Å²) in [5, 5.41) is 9.24. The molecule has 1 aliphatic heterocycles. The van der Waals surface area contributed by atoms with Crippen molar-refractivity contribution in [3.8, 4) is 6.07 Å². The number of carbonyl (C=O) groups excluding carboxylic acids is 1. The lowest BCUT2D eigenvalue weighted by Gasteiger charge is -2.24. The molecule has 1 saturated heterocycles. The summed E-state index contributed by atoms with van der Waals surface area (Å²) < 4.78 is 5.29. The minimum Gasteiger partial charge on any atom is -0.380 e. The van der Waals surface area contributed by atoms with E-state index in [-0.39, 0.29) is 6.10 Å². The van der Waals surface area contributed by atoms with Gasteiger partial charge in [-0.2, -0.15) is 5.26 Å². The van der Waals surface area contributed by atoms with Crippen molar-refractivity contribution in [1.82, 2.24) is 4.98 Å². The van der Waals surface area contributed by atoms with E-state index < -0.39 is 11.9 Å². The Balaban J connectivity index is 2.43. The first-order valence-corrected chi connectivity index (χ1v) is 6.03. The summed E-state index contributed by atoms with van der Waals surface area (Å²) >= 11 is 0. The SMILES string of the molecule is CO[C@H]1C[C@@H](C(N)=O)N(c2nccc(C)c2C#N)C1. The third kappa shape index (κ3) is 2.37. The van der Waals surface area contributed by atoms with Crippen LogP contribution in [0.1, 0.15) is 17.5 Å². The number of carbonyl (C=O) groups is 1. The van der Waals surface area contributed by atoms with Gasteiger partial charge in [-0.25, -0.2) is 4.98 Å². The second-order valence-electron chi connectivity index (χ2n) is 4.60. The summed E-state index contributed by atoms with van der Waals surface area (Å²) in [5.74, 6) is 0.0811. The molecule has 1 aromatic rings. The molecule has 0 aromatic carbocycles. The number of methoxy groups -OCH3 is 1. The summed E-state index contributed by atoms with van der Waals surface area (Å²) in [6, 6.07) is 3.42. The third-order valence-electron chi connectivity index (χ3n) is 3.45. The number of pyridine rings is 1. The van der Waals surface area contributed by atoms with Gasteiger partial charge >= 0.3 is 0 Å². The van der Waals surface area contributed by atoms with Crippen molar-refractivity contribution in [3.05, 3.63) is 23.4 Å². The van der Waals surface area contributed by atoms with Crippen molar-refractivity contribution < 1.29 is 9.53 Å². The lowest BCUT2D eigenvalue weighted by molar-refractivity contribution is -0.119. The molecule has 6 nitrogen and oxygen atoms in total. The highest BCUT2D eigenvalue weighted by atomic mass is 16.5. The number of amides is 1. The van der Waals surface area contributed by atoms with Crippen LogP contribution in [0.4, 0.5) is 5.82 Å². The Hall–Kier alpha value is -2.13. The number of hydrogen-bond acceptors (Lipinski definition) is 5. The molecule has 0 radical (unpaired) electrons. The normalized spacial score (nSPS) is 22.3. The quantitative estimate of drug-likeness (QED) is 0.846. The van der Waals surface area contributed by atoms with Crippen LogP contribution in [0, 0.1) is 18.3 Å². The highest BCUT2D eigenvalue weighted by molar-refractivity contribution is 5.84. The molecule has 100 valence electrons. The number of ether oxygens (including phenoxy) is 1. The molecule has 1 aliphatic rings. The van der Waals surface area contributed by atoms with Crippen LogP contribution in [-0.4, -0.2) is 36.7 Å². The number of nitriles is 1. The van der Waals surface area contributed by atoms with Gasteiger partial charge in [0.25, 0.3) is 0 Å². The van der Waals surface area contributed by atoms with E-state index in [1.165, 1.54) is 0 Å². The van der Waals surface area contributed by atoms with E-state index in [1.807, 2.05) is 6.92 Å². The number of nitrogens with zero attached hydrogens (tertiary/aromatic N) is 3. The highest BCUT2D eigenvalue weighted by Gasteiger charge is 2.37. The number of primary amides is 1. The zero-order valence-corrected chi connectivity index (χ0v) is 11.0. The maximum Gasteiger partial charge on any atom is 0.240 e. The van der Waals surface area contributed by atoms with E-state index in [2.05, 4.69) is 11.1 Å². The fourth-order valence-corrected chi connectivity index (χ4v) is 2.37. The second-order valence-corrected chi connectivity index (χ2v) is 4.60. The van der Waals surface area contributed by atoms with Gasteiger partial charge in [0.15, 0.2) is 0 Å². The van der Waals surface area contributed by atoms with Crippen molar-refractivity contribution in [1.29, 1.82) is 5.26 Å². The van der Waals surface area contributed by atoms with E-state index in [0.717, 1.165) is 5.56 Å². The molecule has 2 N–H and O–H groups in total. The second kappa shape index (κ2) is 5.24. The smallest absolute Gasteiger partial charge is 0.240 e. The summed E-state index contributed by atoms with van der Waals surface area (Å²) in [6.45, 7) is 2.35. The zero-order valence-electron chi connectivity index (χ0n) is 11.0. The van der Waals surface area contributed by atoms with Crippen LogP contribution in [0.3, 0.4) is 0 Å². The lowest BCUT2D eigenvalue weighted by Crippen LogP contribution is -2.41. The third-order valence-corrected chi connectivity index (χ3v) is 3.45. The van der Waals surface area contributed by atoms with Crippen LogP contribution < -0.4 is 10.6 Å². The monoisotopic (exact) mass is 260 g/mol. The first kappa shape index (κ1) is 13.3. The number of aryl methyl sites for hydroxylation is 1. The summed E-state index contributed by atoms with van der Waals surface area (Å²) in [5.41, 5.74) is 6.73. The molecule has 2 atom stereocenters. The Morgan fingerprint density at radius 1 is 1.68 bits per heavy atom. The Morgan fingerprint density at radius 2 is 2.42 bits per heavy atom. The minimum absolute atomic E-state index is 0.0774. The summed E-state index contributed by atoms with van der Waals surface area (Å²) in [4.78, 5) is 17.5. The van der Waals surface area contributed by atoms with Gasteiger partial charge in [0.05, 0.1) is 11.7 Å². The van der Waals surface area contributed by atoms with Crippen molar-refractivity contribution >= 4 is 11.7 Å². The molecule has 0 unspecified atom stereocenters. The van der Waals surface area contributed by atoms with E-state index >= 15 is 0 Å². The van der Waals surface area contributed by atoms with Gasteiger partial charge in [0.1, 0.15) is 17.9 Å². The van der Waals surface area contributed by atoms with Crippen molar-refractivity contribution in [2.45, 2.75) is 25.5 Å². The Morgan fingerprint density at radius 3 is 3.00 bits per heavy atom. The molecular weight excluding hydrogens is 244 g/mol. The Kier molecular flexibility index (Phi) is 3.67. The molecule has 0 saturated carbocycles. The van der Waals surface area contributed by atoms with Gasteiger partial charge in [-0.15, -0.1) is 0 Å². The van der Waals surface area contributed by atoms with Crippen LogP contribution in [0.2, 0.25) is 0 Å². The number of hydrogen-bond donors (Lipinski definition) is 1. The maximum atomic E-state index is 11.5. The fraction of sp³-hybridized carbons (Fsp3) is 0.462. The predicted molar refractivity (Wildman–Crippen MR) is 69.4 cm³/mol. The molecule has 6 heteroatoms. The topological polar surface area (TPSA) is 92.2 Å². The number of rotatable bonds is 3. The maximum absolute atomic E-state index is 11.5. The lowest BCUT2D eigenvalue weighted by atomic mass is 10.1. The molecule has 1 aromatic heterocycles. The molecule has 2 heterocycles. The predicted octanol–water partition coefficient (Wildman–Crippen LogP) is 0.341. The van der Waals surface area contributed by atoms with Crippen LogP contribution in [0.5, 0.6) is 0 Å². The van der Waals surface area contributed by atoms with Crippen molar-refractivity contribution in [3.63, 3.8) is 0 Å². The van der Waals surface area contributed by atoms with Gasteiger partial charge in [-0.3, -0.25) is 4.79 Å². The van der Waals surface area contributed by atoms with Crippen LogP contribution in [0.25, 0.3) is 0 Å². The Bertz CT molecular complexity index is 538. The van der Waals surface area contributed by atoms with Crippen LogP contribution in [-0.2, 0) is 9.53 Å². The molecule has 0 aliphatic carbocycles. The first-order valence-electron chi connectivity index (χ1n) is 6.03. The summed E-state index contributed by atoms with van der Waals surface area (Å²) in [7, 11) is 1.60. The molecule has 2 rings (SSSR count). The van der Waals surface area contributed by atoms with E-state index in [9.17, 15) is 10.1 Å². The standard InChI is InChI=1S/C13H16N4O2/c1-8-3-4-16-13(10(8)6-14)17-7-9(19-2)5-11(17)12(15)18/h3-4,9,11H,5,7H2,1-2H3,(H2,15,18)/t9-,11-/m0/s1. The average molecular weight is 260 g/mol. The van der Waals surface area contributed by atoms with Crippen LogP contribution >= 0.6 is 0 Å². The zero-order chi connectivity index (χ0) is 14.0. The van der Waals surface area contributed by atoms with Gasteiger partial charge < -0.3 is 15.4 Å². The number of anilines is 1. The van der Waals surface area contributed by atoms with Gasteiger partial charge in [-0.1, -0.05) is 0 Å². The van der Waals surface area contributed by atoms with Gasteiger partial charge in [0.2, 0.25) is 5.91 Å². The fourth-order valence-electron chi connectivity index (χ4n) is 2.37. The minimum atomic E-state index is -0.480. The largest absolute Gasteiger partial charge is 0.380 e. The number of nitrogens with two attached hydrogens (primary N) is 1. The molecule has 0 spiro atoms. The Labute approximate surface area is 111 Å².